The van der Waals surface area contributed by atoms with E-state index >= 15 is 0 Å². The van der Waals surface area contributed by atoms with Crippen molar-refractivity contribution >= 4 is 17.2 Å². The molecule has 0 saturated carbocycles. The molecule has 25 heavy (non-hydrogen) atoms. The summed E-state index contributed by atoms with van der Waals surface area (Å²) >= 11 is 0. The molecule has 0 bridgehead atoms. The molecule has 1 N–H and O–H groups in total. The minimum atomic E-state index is -1.08. The Morgan fingerprint density at radius 2 is 2.16 bits per heavy atom. The maximum absolute atomic E-state index is 11.7. The number of ether oxygens (including phenoxy) is 1. The molecular weight excluding hydrogens is 314 g/mol. The summed E-state index contributed by atoms with van der Waals surface area (Å²) in [5.41, 5.74) is 4.58. The molecule has 0 radical (unpaired) electrons. The number of aromatic nitrogens is 1. The van der Waals surface area contributed by atoms with E-state index in [9.17, 15) is 9.90 Å². The summed E-state index contributed by atoms with van der Waals surface area (Å²) in [4.78, 5) is 11.5. The monoisotopic (exact) mass is 333 g/mol. The van der Waals surface area contributed by atoms with Gasteiger partial charge in [-0.3, -0.25) is 4.79 Å². The molecule has 0 fully saturated rings. The Hall–Kier alpha value is -2.59. The zero-order chi connectivity index (χ0) is 17.3. The molecule has 3 aromatic rings. The molecule has 4 heteroatoms. The van der Waals surface area contributed by atoms with Crippen LogP contribution in [0.1, 0.15) is 45.1 Å². The maximum Gasteiger partial charge on any atom is 0.150 e. The average Bonchev–Trinajstić information content (AvgIpc) is 2.92. The smallest absolute Gasteiger partial charge is 0.150 e. The van der Waals surface area contributed by atoms with Crippen LogP contribution in [0.5, 0.6) is 5.75 Å². The molecule has 5 rings (SSSR count). The van der Waals surface area contributed by atoms with Crippen molar-refractivity contribution in [3.63, 3.8) is 0 Å². The summed E-state index contributed by atoms with van der Waals surface area (Å²) < 4.78 is 7.47. The largest absolute Gasteiger partial charge is 0.497 e. The van der Waals surface area contributed by atoms with E-state index in [1.54, 1.807) is 13.2 Å². The SMILES string of the molecule is COc1ccc2c(c1)c1c(n2C)C2(O)c3c(C=O)cccc3C2CC1. The van der Waals surface area contributed by atoms with Crippen molar-refractivity contribution in [3.05, 3.63) is 64.3 Å². The van der Waals surface area contributed by atoms with Crippen LogP contribution in [0.15, 0.2) is 36.4 Å². The third kappa shape index (κ3) is 1.58. The first-order chi connectivity index (χ1) is 12.1. The average molecular weight is 333 g/mol. The Morgan fingerprint density at radius 1 is 1.32 bits per heavy atom. The van der Waals surface area contributed by atoms with Crippen LogP contribution in [0.2, 0.25) is 0 Å². The molecule has 2 aromatic carbocycles. The van der Waals surface area contributed by atoms with Crippen LogP contribution < -0.4 is 4.74 Å². The first kappa shape index (κ1) is 14.7. The van der Waals surface area contributed by atoms with Crippen LogP contribution in [-0.4, -0.2) is 23.1 Å². The van der Waals surface area contributed by atoms with Crippen LogP contribution in [0.4, 0.5) is 0 Å². The van der Waals surface area contributed by atoms with Gasteiger partial charge in [0.2, 0.25) is 0 Å². The van der Waals surface area contributed by atoms with Gasteiger partial charge in [0.05, 0.1) is 12.8 Å². The van der Waals surface area contributed by atoms with Crippen molar-refractivity contribution < 1.29 is 14.6 Å². The van der Waals surface area contributed by atoms with E-state index in [2.05, 4.69) is 4.57 Å². The normalized spacial score (nSPS) is 23.4. The van der Waals surface area contributed by atoms with Gasteiger partial charge in [0.25, 0.3) is 0 Å². The number of methoxy groups -OCH3 is 1. The number of carbonyl (C=O) groups is 1. The van der Waals surface area contributed by atoms with E-state index < -0.39 is 5.60 Å². The third-order valence-corrected chi connectivity index (χ3v) is 6.07. The second-order valence-corrected chi connectivity index (χ2v) is 7.06. The highest BCUT2D eigenvalue weighted by Gasteiger charge is 2.57. The molecule has 2 aliphatic carbocycles. The zero-order valence-corrected chi connectivity index (χ0v) is 14.2. The van der Waals surface area contributed by atoms with Gasteiger partial charge in [0, 0.05) is 35.0 Å². The van der Waals surface area contributed by atoms with Crippen molar-refractivity contribution in [2.45, 2.75) is 24.4 Å². The van der Waals surface area contributed by atoms with E-state index in [0.717, 1.165) is 52.6 Å². The maximum atomic E-state index is 11.7. The fraction of sp³-hybridized carbons (Fsp3) is 0.286. The van der Waals surface area contributed by atoms with Gasteiger partial charge in [-0.2, -0.15) is 0 Å². The Bertz CT molecular complexity index is 1050. The lowest BCUT2D eigenvalue weighted by Crippen LogP contribution is -2.49. The van der Waals surface area contributed by atoms with Crippen LogP contribution in [0, 0.1) is 0 Å². The minimum absolute atomic E-state index is 0.0554. The lowest BCUT2D eigenvalue weighted by Gasteiger charge is -2.51. The summed E-state index contributed by atoms with van der Waals surface area (Å²) in [5, 5.41) is 12.9. The highest BCUT2D eigenvalue weighted by atomic mass is 16.5. The molecule has 0 amide bonds. The fourth-order valence-electron chi connectivity index (χ4n) is 5.04. The summed E-state index contributed by atoms with van der Waals surface area (Å²) in [5.74, 6) is 0.873. The Labute approximate surface area is 145 Å². The quantitative estimate of drug-likeness (QED) is 0.732. The van der Waals surface area contributed by atoms with Crippen LogP contribution in [0.25, 0.3) is 10.9 Å². The molecule has 4 nitrogen and oxygen atoms in total. The van der Waals surface area contributed by atoms with Gasteiger partial charge >= 0.3 is 0 Å². The van der Waals surface area contributed by atoms with Gasteiger partial charge in [-0.25, -0.2) is 0 Å². The number of nitrogens with zero attached hydrogens (tertiary/aromatic N) is 1. The lowest BCUT2D eigenvalue weighted by molar-refractivity contribution is 0.00284. The highest BCUT2D eigenvalue weighted by Crippen LogP contribution is 2.60. The van der Waals surface area contributed by atoms with Crippen molar-refractivity contribution in [2.75, 3.05) is 7.11 Å². The molecule has 0 aliphatic heterocycles. The molecule has 2 aliphatic rings. The second-order valence-electron chi connectivity index (χ2n) is 7.06. The van der Waals surface area contributed by atoms with Crippen LogP contribution in [-0.2, 0) is 19.1 Å². The first-order valence-electron chi connectivity index (χ1n) is 8.58. The molecule has 126 valence electrons. The summed E-state index contributed by atoms with van der Waals surface area (Å²) in [6, 6.07) is 11.8. The number of hydrogen-bond acceptors (Lipinski definition) is 3. The van der Waals surface area contributed by atoms with Crippen molar-refractivity contribution in [1.29, 1.82) is 0 Å². The van der Waals surface area contributed by atoms with E-state index in [4.69, 9.17) is 4.74 Å². The topological polar surface area (TPSA) is 51.5 Å². The molecule has 0 spiro atoms. The van der Waals surface area contributed by atoms with Gasteiger partial charge in [-0.1, -0.05) is 18.2 Å². The fourth-order valence-corrected chi connectivity index (χ4v) is 5.04. The predicted octanol–water partition coefficient (Wildman–Crippen LogP) is 3.28. The number of benzene rings is 2. The molecule has 2 atom stereocenters. The molecular formula is C21H19NO3. The standard InChI is InChI=1S/C21H19NO3/c1-22-18-9-6-13(25-2)10-16(18)14-7-8-17-15-5-3-4-12(11-23)19(15)21(17,24)20(14)22/h3-6,9-11,17,24H,7-8H2,1-2H3. The van der Waals surface area contributed by atoms with Crippen molar-refractivity contribution in [1.82, 2.24) is 4.57 Å². The van der Waals surface area contributed by atoms with Gasteiger partial charge in [-0.15, -0.1) is 0 Å². The molecule has 1 heterocycles. The van der Waals surface area contributed by atoms with E-state index in [-0.39, 0.29) is 5.92 Å². The van der Waals surface area contributed by atoms with E-state index in [1.165, 1.54) is 5.56 Å². The molecule has 0 saturated heterocycles. The number of fused-ring (bicyclic) bond motifs is 8. The predicted molar refractivity (Wildman–Crippen MR) is 95.4 cm³/mol. The molecule has 2 unspecified atom stereocenters. The van der Waals surface area contributed by atoms with Crippen LogP contribution in [0.3, 0.4) is 0 Å². The Balaban J connectivity index is 1.84. The third-order valence-electron chi connectivity index (χ3n) is 6.07. The first-order valence-corrected chi connectivity index (χ1v) is 8.58. The zero-order valence-electron chi connectivity index (χ0n) is 14.2. The van der Waals surface area contributed by atoms with Crippen molar-refractivity contribution in [2.24, 2.45) is 7.05 Å². The van der Waals surface area contributed by atoms with Crippen LogP contribution >= 0.6 is 0 Å². The van der Waals surface area contributed by atoms with Gasteiger partial charge in [-0.05, 0) is 42.2 Å². The summed E-state index contributed by atoms with van der Waals surface area (Å²) in [6.45, 7) is 0. The Kier molecular flexibility index (Phi) is 2.79. The summed E-state index contributed by atoms with van der Waals surface area (Å²) in [6.07, 6.45) is 2.65. The van der Waals surface area contributed by atoms with Crippen molar-refractivity contribution in [3.8, 4) is 5.75 Å². The molecule has 1 aromatic heterocycles. The number of carbonyl (C=O) groups excluding carboxylic acids is 1. The lowest BCUT2D eigenvalue weighted by atomic mass is 9.56. The minimum Gasteiger partial charge on any atom is -0.497 e. The van der Waals surface area contributed by atoms with Gasteiger partial charge < -0.3 is 14.4 Å². The highest BCUT2D eigenvalue weighted by molar-refractivity contribution is 5.90. The number of aliphatic hydroxyl groups is 1. The number of hydrogen-bond donors (Lipinski definition) is 1. The Morgan fingerprint density at radius 3 is 2.92 bits per heavy atom. The number of rotatable bonds is 2. The number of aldehydes is 1. The van der Waals surface area contributed by atoms with Gasteiger partial charge in [0.15, 0.2) is 0 Å². The van der Waals surface area contributed by atoms with E-state index in [0.29, 0.717) is 5.56 Å². The number of aryl methyl sites for hydroxylation is 2. The second kappa shape index (κ2) is 4.73. The van der Waals surface area contributed by atoms with Gasteiger partial charge in [0.1, 0.15) is 17.6 Å². The van der Waals surface area contributed by atoms with E-state index in [1.807, 2.05) is 37.4 Å². The summed E-state index contributed by atoms with van der Waals surface area (Å²) in [7, 11) is 3.66.